The molecule has 0 bridgehead atoms. The van der Waals surface area contributed by atoms with Crippen LogP contribution < -0.4 is 4.74 Å². The zero-order valence-corrected chi connectivity index (χ0v) is 13.1. The number of hydrogen-bond acceptors (Lipinski definition) is 3. The third-order valence-electron chi connectivity index (χ3n) is 2.98. The molecule has 0 atom stereocenters. The van der Waals surface area contributed by atoms with E-state index in [2.05, 4.69) is 15.9 Å². The summed E-state index contributed by atoms with van der Waals surface area (Å²) in [5, 5.41) is 18.1. The molecule has 0 spiro atoms. The lowest BCUT2D eigenvalue weighted by Crippen LogP contribution is -1.98. The minimum absolute atomic E-state index is 0.0575. The Labute approximate surface area is 130 Å². The lowest BCUT2D eigenvalue weighted by atomic mass is 10.1. The van der Waals surface area contributed by atoms with E-state index in [1.807, 2.05) is 32.0 Å². The molecular weight excluding hydrogens is 334 g/mol. The second kappa shape index (κ2) is 5.98. The van der Waals surface area contributed by atoms with Crippen molar-refractivity contribution in [3.05, 3.63) is 57.1 Å². The Bertz CT molecular complexity index is 740. The lowest BCUT2D eigenvalue weighted by molar-refractivity contribution is 0.0697. The van der Waals surface area contributed by atoms with Crippen molar-refractivity contribution in [1.82, 2.24) is 0 Å². The van der Waals surface area contributed by atoms with Crippen molar-refractivity contribution in [2.75, 3.05) is 0 Å². The number of ether oxygens (including phenoxy) is 1. The first-order chi connectivity index (χ1) is 9.92. The van der Waals surface area contributed by atoms with Crippen LogP contribution in [0.15, 0.2) is 34.8 Å². The van der Waals surface area contributed by atoms with Crippen LogP contribution in [0.25, 0.3) is 0 Å². The van der Waals surface area contributed by atoms with Gasteiger partial charge in [0, 0.05) is 4.47 Å². The molecule has 21 heavy (non-hydrogen) atoms. The molecular formula is C16H12BrNO3. The van der Waals surface area contributed by atoms with Gasteiger partial charge in [-0.3, -0.25) is 0 Å². The molecule has 4 nitrogen and oxygen atoms in total. The maximum atomic E-state index is 10.9. The van der Waals surface area contributed by atoms with Crippen molar-refractivity contribution >= 4 is 21.9 Å². The smallest absolute Gasteiger partial charge is 0.335 e. The van der Waals surface area contributed by atoms with E-state index in [9.17, 15) is 4.79 Å². The number of carbonyl (C=O) groups is 1. The second-order valence-corrected chi connectivity index (χ2v) is 5.39. The van der Waals surface area contributed by atoms with Crippen LogP contribution in [0.5, 0.6) is 11.5 Å². The van der Waals surface area contributed by atoms with Crippen LogP contribution in [0, 0.1) is 25.2 Å². The summed E-state index contributed by atoms with van der Waals surface area (Å²) >= 11 is 3.48. The molecule has 0 aromatic heterocycles. The number of rotatable bonds is 3. The van der Waals surface area contributed by atoms with E-state index in [4.69, 9.17) is 15.1 Å². The molecule has 2 rings (SSSR count). The van der Waals surface area contributed by atoms with Crippen LogP contribution in [-0.2, 0) is 0 Å². The highest BCUT2D eigenvalue weighted by atomic mass is 79.9. The molecule has 0 aliphatic heterocycles. The summed E-state index contributed by atoms with van der Waals surface area (Å²) < 4.78 is 6.73. The van der Waals surface area contributed by atoms with Crippen molar-refractivity contribution in [3.8, 4) is 17.6 Å². The molecule has 0 aliphatic rings. The average Bonchev–Trinajstić information content (AvgIpc) is 2.44. The Morgan fingerprint density at radius 2 is 1.86 bits per heavy atom. The predicted octanol–water partition coefficient (Wildman–Crippen LogP) is 4.43. The first-order valence-electron chi connectivity index (χ1n) is 6.14. The van der Waals surface area contributed by atoms with Crippen LogP contribution in [0.2, 0.25) is 0 Å². The average molecular weight is 346 g/mol. The van der Waals surface area contributed by atoms with E-state index in [1.54, 1.807) is 0 Å². The third kappa shape index (κ3) is 3.23. The molecule has 0 radical (unpaired) electrons. The topological polar surface area (TPSA) is 70.3 Å². The molecule has 0 fully saturated rings. The van der Waals surface area contributed by atoms with E-state index >= 15 is 0 Å². The van der Waals surface area contributed by atoms with Gasteiger partial charge in [0.25, 0.3) is 0 Å². The number of hydrogen-bond donors (Lipinski definition) is 1. The highest BCUT2D eigenvalue weighted by molar-refractivity contribution is 9.10. The van der Waals surface area contributed by atoms with Crippen LogP contribution in [-0.4, -0.2) is 11.1 Å². The van der Waals surface area contributed by atoms with Gasteiger partial charge in [-0.25, -0.2) is 4.79 Å². The quantitative estimate of drug-likeness (QED) is 0.893. The molecule has 0 aliphatic carbocycles. The van der Waals surface area contributed by atoms with E-state index in [1.165, 1.54) is 18.2 Å². The molecule has 0 heterocycles. The van der Waals surface area contributed by atoms with Gasteiger partial charge in [0.2, 0.25) is 0 Å². The van der Waals surface area contributed by atoms with Gasteiger partial charge in [0.1, 0.15) is 17.6 Å². The van der Waals surface area contributed by atoms with Gasteiger partial charge in [-0.05, 0) is 55.3 Å². The fraction of sp³-hybridized carbons (Fsp3) is 0.125. The zero-order chi connectivity index (χ0) is 15.6. The highest BCUT2D eigenvalue weighted by Gasteiger charge is 2.11. The van der Waals surface area contributed by atoms with Gasteiger partial charge in [-0.1, -0.05) is 15.9 Å². The van der Waals surface area contributed by atoms with Crippen molar-refractivity contribution in [3.63, 3.8) is 0 Å². The first-order valence-corrected chi connectivity index (χ1v) is 6.93. The van der Waals surface area contributed by atoms with Crippen molar-refractivity contribution in [1.29, 1.82) is 5.26 Å². The summed E-state index contributed by atoms with van der Waals surface area (Å²) in [6, 6.07) is 9.87. The van der Waals surface area contributed by atoms with Gasteiger partial charge < -0.3 is 9.84 Å². The first kappa shape index (κ1) is 15.1. The van der Waals surface area contributed by atoms with Gasteiger partial charge >= 0.3 is 5.97 Å². The monoisotopic (exact) mass is 345 g/mol. The van der Waals surface area contributed by atoms with E-state index < -0.39 is 5.97 Å². The minimum atomic E-state index is -1.08. The maximum Gasteiger partial charge on any atom is 0.335 e. The second-order valence-electron chi connectivity index (χ2n) is 4.60. The molecule has 0 amide bonds. The highest BCUT2D eigenvalue weighted by Crippen LogP contribution is 2.31. The number of nitriles is 1. The van der Waals surface area contributed by atoms with Crippen LogP contribution in [0.1, 0.15) is 27.0 Å². The molecule has 5 heteroatoms. The molecule has 0 unspecified atom stereocenters. The summed E-state index contributed by atoms with van der Waals surface area (Å²) in [5.74, 6) is -0.134. The zero-order valence-electron chi connectivity index (χ0n) is 11.5. The van der Waals surface area contributed by atoms with Gasteiger partial charge in [0.05, 0.1) is 11.1 Å². The van der Waals surface area contributed by atoms with Crippen LogP contribution in [0.4, 0.5) is 0 Å². The molecule has 1 N–H and O–H groups in total. The molecule has 0 saturated heterocycles. The van der Waals surface area contributed by atoms with Gasteiger partial charge in [-0.15, -0.1) is 0 Å². The minimum Gasteiger partial charge on any atom is -0.478 e. The predicted molar refractivity (Wildman–Crippen MR) is 81.8 cm³/mol. The summed E-state index contributed by atoms with van der Waals surface area (Å²) in [6.45, 7) is 3.89. The molecule has 106 valence electrons. The third-order valence-corrected chi connectivity index (χ3v) is 4.24. The Morgan fingerprint density at radius 1 is 1.24 bits per heavy atom. The lowest BCUT2D eigenvalue weighted by Gasteiger charge is -2.11. The van der Waals surface area contributed by atoms with Crippen molar-refractivity contribution in [2.24, 2.45) is 0 Å². The van der Waals surface area contributed by atoms with Crippen LogP contribution in [0.3, 0.4) is 0 Å². The summed E-state index contributed by atoms with van der Waals surface area (Å²) in [5.41, 5.74) is 2.28. The van der Waals surface area contributed by atoms with Crippen molar-refractivity contribution < 1.29 is 14.6 Å². The Balaban J connectivity index is 2.40. The van der Waals surface area contributed by atoms with E-state index in [0.29, 0.717) is 11.5 Å². The largest absolute Gasteiger partial charge is 0.478 e. The Kier molecular flexibility index (Phi) is 4.29. The number of carboxylic acid groups (broad SMARTS) is 1. The molecule has 2 aromatic carbocycles. The van der Waals surface area contributed by atoms with Gasteiger partial charge in [-0.2, -0.15) is 5.26 Å². The fourth-order valence-electron chi connectivity index (χ4n) is 1.93. The maximum absolute atomic E-state index is 10.9. The summed E-state index contributed by atoms with van der Waals surface area (Å²) in [4.78, 5) is 10.9. The standard InChI is InChI=1S/C16H12BrNO3/c1-9-5-13(6-10(2)15(9)17)21-14-4-3-11(16(19)20)7-12(14)8-18/h3-7H,1-2H3,(H,19,20). The summed E-state index contributed by atoms with van der Waals surface area (Å²) in [6.07, 6.45) is 0. The van der Waals surface area contributed by atoms with Crippen molar-refractivity contribution in [2.45, 2.75) is 13.8 Å². The van der Waals surface area contributed by atoms with Crippen LogP contribution >= 0.6 is 15.9 Å². The Morgan fingerprint density at radius 3 is 2.38 bits per heavy atom. The Hall–Kier alpha value is -2.32. The molecule has 2 aromatic rings. The SMILES string of the molecule is Cc1cc(Oc2ccc(C(=O)O)cc2C#N)cc(C)c1Br. The summed E-state index contributed by atoms with van der Waals surface area (Å²) in [7, 11) is 0. The van der Waals surface area contributed by atoms with Gasteiger partial charge in [0.15, 0.2) is 0 Å². The number of nitrogens with zero attached hydrogens (tertiary/aromatic N) is 1. The number of aryl methyl sites for hydroxylation is 2. The van der Waals surface area contributed by atoms with E-state index in [-0.39, 0.29) is 11.1 Å². The van der Waals surface area contributed by atoms with E-state index in [0.717, 1.165) is 15.6 Å². The number of carboxylic acids is 1. The normalized spacial score (nSPS) is 10.0. The fourth-order valence-corrected chi connectivity index (χ4v) is 2.16. The number of aromatic carboxylic acids is 1. The molecule has 0 saturated carbocycles. The number of benzene rings is 2. The number of halogens is 1.